The molecule has 2 unspecified atom stereocenters. The number of hydrogen-bond donors (Lipinski definition) is 1. The molecule has 1 aliphatic heterocycles. The van der Waals surface area contributed by atoms with Crippen LogP contribution in [-0.4, -0.2) is 24.2 Å². The van der Waals surface area contributed by atoms with E-state index in [9.17, 15) is 4.39 Å². The van der Waals surface area contributed by atoms with Gasteiger partial charge in [-0.3, -0.25) is 0 Å². The van der Waals surface area contributed by atoms with Crippen LogP contribution in [0, 0.1) is 11.7 Å². The van der Waals surface area contributed by atoms with E-state index in [1.54, 1.807) is 0 Å². The Kier molecular flexibility index (Phi) is 3.61. The van der Waals surface area contributed by atoms with Crippen LogP contribution in [0.3, 0.4) is 0 Å². The van der Waals surface area contributed by atoms with Gasteiger partial charge in [-0.05, 0) is 24.9 Å². The first-order chi connectivity index (χ1) is 7.66. The molecule has 1 aliphatic rings. The smallest absolute Gasteiger partial charge is 0.250 e. The molecule has 1 aromatic rings. The Morgan fingerprint density at radius 2 is 2.44 bits per heavy atom. The van der Waals surface area contributed by atoms with Crippen LogP contribution in [0.1, 0.15) is 13.3 Å². The van der Waals surface area contributed by atoms with Crippen LogP contribution in [0.4, 0.5) is 4.39 Å². The van der Waals surface area contributed by atoms with Gasteiger partial charge >= 0.3 is 0 Å². The molecule has 3 nitrogen and oxygen atoms in total. The second-order valence-corrected chi connectivity index (χ2v) is 4.50. The second kappa shape index (κ2) is 4.97. The fraction of sp³-hybridized carbons (Fsp3) is 0.545. The zero-order chi connectivity index (χ0) is 11.5. The largest absolute Gasteiger partial charge is 0.471 e. The Morgan fingerprint density at radius 3 is 3.12 bits per heavy atom. The van der Waals surface area contributed by atoms with Crippen molar-refractivity contribution < 1.29 is 9.13 Å². The third kappa shape index (κ3) is 2.62. The predicted molar refractivity (Wildman–Crippen MR) is 60.3 cm³/mol. The molecule has 0 aromatic carbocycles. The maximum absolute atomic E-state index is 13.4. The SMILES string of the molecule is CC1CCNCC1Oc1ncc(Cl)cc1F. The first-order valence-electron chi connectivity index (χ1n) is 5.35. The fourth-order valence-electron chi connectivity index (χ4n) is 1.75. The molecule has 2 rings (SSSR count). The van der Waals surface area contributed by atoms with E-state index in [1.165, 1.54) is 12.3 Å². The highest BCUT2D eigenvalue weighted by molar-refractivity contribution is 6.30. The Labute approximate surface area is 99.0 Å². The number of rotatable bonds is 2. The Balaban J connectivity index is 2.07. The van der Waals surface area contributed by atoms with Crippen molar-refractivity contribution in [1.82, 2.24) is 10.3 Å². The third-order valence-electron chi connectivity index (χ3n) is 2.79. The summed E-state index contributed by atoms with van der Waals surface area (Å²) < 4.78 is 19.0. The van der Waals surface area contributed by atoms with Gasteiger partial charge in [0.25, 0.3) is 5.88 Å². The molecule has 0 bridgehead atoms. The van der Waals surface area contributed by atoms with Gasteiger partial charge in [0.05, 0.1) is 5.02 Å². The lowest BCUT2D eigenvalue weighted by atomic mass is 9.97. The summed E-state index contributed by atoms with van der Waals surface area (Å²) in [6.45, 7) is 3.81. The van der Waals surface area contributed by atoms with E-state index in [2.05, 4.69) is 17.2 Å². The summed E-state index contributed by atoms with van der Waals surface area (Å²) in [6.07, 6.45) is 2.39. The first kappa shape index (κ1) is 11.6. The molecular weight excluding hydrogens is 231 g/mol. The van der Waals surface area contributed by atoms with Crippen molar-refractivity contribution in [1.29, 1.82) is 0 Å². The molecule has 0 aliphatic carbocycles. The van der Waals surface area contributed by atoms with Gasteiger partial charge in [0.15, 0.2) is 5.82 Å². The van der Waals surface area contributed by atoms with Crippen molar-refractivity contribution in [3.63, 3.8) is 0 Å². The van der Waals surface area contributed by atoms with E-state index in [4.69, 9.17) is 16.3 Å². The number of pyridine rings is 1. The van der Waals surface area contributed by atoms with Crippen LogP contribution >= 0.6 is 11.6 Å². The number of piperidine rings is 1. The maximum atomic E-state index is 13.4. The number of aromatic nitrogens is 1. The van der Waals surface area contributed by atoms with Gasteiger partial charge in [0.1, 0.15) is 6.10 Å². The van der Waals surface area contributed by atoms with Crippen molar-refractivity contribution in [3.05, 3.63) is 23.1 Å². The molecule has 1 saturated heterocycles. The molecule has 1 aromatic heterocycles. The highest BCUT2D eigenvalue weighted by Gasteiger charge is 2.24. The van der Waals surface area contributed by atoms with Crippen LogP contribution < -0.4 is 10.1 Å². The highest BCUT2D eigenvalue weighted by atomic mass is 35.5. The zero-order valence-corrected chi connectivity index (χ0v) is 9.80. The molecule has 2 atom stereocenters. The minimum absolute atomic E-state index is 0.0306. The Morgan fingerprint density at radius 1 is 1.62 bits per heavy atom. The number of nitrogens with one attached hydrogen (secondary N) is 1. The van der Waals surface area contributed by atoms with Gasteiger partial charge in [-0.2, -0.15) is 0 Å². The molecule has 88 valence electrons. The van der Waals surface area contributed by atoms with Crippen LogP contribution in [0.2, 0.25) is 5.02 Å². The molecule has 0 radical (unpaired) electrons. The lowest BCUT2D eigenvalue weighted by molar-refractivity contribution is 0.104. The average Bonchev–Trinajstić information content (AvgIpc) is 2.25. The van der Waals surface area contributed by atoms with Crippen molar-refractivity contribution >= 4 is 11.6 Å². The van der Waals surface area contributed by atoms with Crippen molar-refractivity contribution in [3.8, 4) is 5.88 Å². The number of hydrogen-bond acceptors (Lipinski definition) is 3. The zero-order valence-electron chi connectivity index (χ0n) is 9.04. The summed E-state index contributed by atoms with van der Waals surface area (Å²) in [4.78, 5) is 3.85. The molecule has 0 spiro atoms. The summed E-state index contributed by atoms with van der Waals surface area (Å²) in [7, 11) is 0. The van der Waals surface area contributed by atoms with Crippen molar-refractivity contribution in [2.24, 2.45) is 5.92 Å². The third-order valence-corrected chi connectivity index (χ3v) is 3.00. The molecular formula is C11H14ClFN2O. The molecule has 16 heavy (non-hydrogen) atoms. The lowest BCUT2D eigenvalue weighted by Crippen LogP contribution is -2.43. The lowest BCUT2D eigenvalue weighted by Gasteiger charge is -2.29. The van der Waals surface area contributed by atoms with E-state index < -0.39 is 5.82 Å². The standard InChI is InChI=1S/C11H14ClFN2O/c1-7-2-3-14-6-10(7)16-11-9(13)4-8(12)5-15-11/h4-5,7,10,14H,2-3,6H2,1H3. The van der Waals surface area contributed by atoms with Crippen LogP contribution in [0.5, 0.6) is 5.88 Å². The van der Waals surface area contributed by atoms with Gasteiger partial charge in [-0.25, -0.2) is 9.37 Å². The summed E-state index contributed by atoms with van der Waals surface area (Å²) >= 11 is 5.62. The second-order valence-electron chi connectivity index (χ2n) is 4.07. The Hall–Kier alpha value is -0.870. The quantitative estimate of drug-likeness (QED) is 0.867. The van der Waals surface area contributed by atoms with Gasteiger partial charge in [-0.1, -0.05) is 18.5 Å². The van der Waals surface area contributed by atoms with Crippen molar-refractivity contribution in [2.45, 2.75) is 19.4 Å². The van der Waals surface area contributed by atoms with Crippen LogP contribution in [0.15, 0.2) is 12.3 Å². The minimum Gasteiger partial charge on any atom is -0.471 e. The molecule has 0 saturated carbocycles. The van der Waals surface area contributed by atoms with E-state index in [-0.39, 0.29) is 17.0 Å². The fourth-order valence-corrected chi connectivity index (χ4v) is 1.90. The number of nitrogens with zero attached hydrogens (tertiary/aromatic N) is 1. The topological polar surface area (TPSA) is 34.1 Å². The summed E-state index contributed by atoms with van der Waals surface area (Å²) in [5, 5.41) is 3.49. The molecule has 1 fully saturated rings. The minimum atomic E-state index is -0.509. The highest BCUT2D eigenvalue weighted by Crippen LogP contribution is 2.22. The summed E-state index contributed by atoms with van der Waals surface area (Å²) in [5.41, 5.74) is 0. The van der Waals surface area contributed by atoms with Gasteiger partial charge < -0.3 is 10.1 Å². The van der Waals surface area contributed by atoms with Gasteiger partial charge in [-0.15, -0.1) is 0 Å². The van der Waals surface area contributed by atoms with E-state index in [0.717, 1.165) is 19.5 Å². The number of ether oxygens (including phenoxy) is 1. The van der Waals surface area contributed by atoms with Crippen LogP contribution in [-0.2, 0) is 0 Å². The average molecular weight is 245 g/mol. The number of halogens is 2. The summed E-state index contributed by atoms with van der Waals surface area (Å²) in [5.74, 6) is -0.0756. The molecule has 0 amide bonds. The van der Waals surface area contributed by atoms with Gasteiger partial charge in [0, 0.05) is 12.7 Å². The van der Waals surface area contributed by atoms with E-state index >= 15 is 0 Å². The summed E-state index contributed by atoms with van der Waals surface area (Å²) in [6, 6.07) is 1.21. The molecule has 2 heterocycles. The molecule has 1 N–H and O–H groups in total. The van der Waals surface area contributed by atoms with Gasteiger partial charge in [0.2, 0.25) is 0 Å². The molecule has 5 heteroatoms. The Bertz CT molecular complexity index is 375. The normalized spacial score (nSPS) is 25.4. The van der Waals surface area contributed by atoms with Crippen LogP contribution in [0.25, 0.3) is 0 Å². The van der Waals surface area contributed by atoms with E-state index in [0.29, 0.717) is 5.92 Å². The monoisotopic (exact) mass is 244 g/mol. The van der Waals surface area contributed by atoms with Crippen molar-refractivity contribution in [2.75, 3.05) is 13.1 Å². The predicted octanol–water partition coefficient (Wildman–Crippen LogP) is 2.25. The maximum Gasteiger partial charge on any atom is 0.250 e. The van der Waals surface area contributed by atoms with E-state index in [1.807, 2.05) is 0 Å². The first-order valence-corrected chi connectivity index (χ1v) is 5.73.